The molecular weight excluding hydrogens is 184 g/mol. The number of hydrogen-bond acceptors (Lipinski definition) is 3. The number of hydrogen-bond donors (Lipinski definition) is 0. The summed E-state index contributed by atoms with van der Waals surface area (Å²) in [6, 6.07) is 0. The molecule has 13 heavy (non-hydrogen) atoms. The van der Waals surface area contributed by atoms with Gasteiger partial charge < -0.3 is 4.74 Å². The quantitative estimate of drug-likeness (QED) is 0.609. The van der Waals surface area contributed by atoms with Crippen molar-refractivity contribution in [2.45, 2.75) is 38.4 Å². The van der Waals surface area contributed by atoms with E-state index in [0.29, 0.717) is 0 Å². The molecule has 0 amide bonds. The molecule has 0 radical (unpaired) electrons. The molecule has 1 fully saturated rings. The molecule has 1 saturated heterocycles. The molecule has 0 aromatic heterocycles. The Bertz CT molecular complexity index is 218. The lowest BCUT2D eigenvalue weighted by atomic mass is 10.3. The van der Waals surface area contributed by atoms with Gasteiger partial charge in [0.15, 0.2) is 0 Å². The number of carbonyl (C=O) groups is 1. The van der Waals surface area contributed by atoms with Crippen LogP contribution >= 0.6 is 11.8 Å². The molecule has 1 aliphatic rings. The van der Waals surface area contributed by atoms with E-state index in [2.05, 4.69) is 0 Å². The van der Waals surface area contributed by atoms with Crippen LogP contribution in [0.1, 0.15) is 33.6 Å². The summed E-state index contributed by atoms with van der Waals surface area (Å²) in [5.41, 5.74) is 0. The maximum Gasteiger partial charge on any atom is 0.216 e. The average molecular weight is 200 g/mol. The smallest absolute Gasteiger partial charge is 0.216 e. The van der Waals surface area contributed by atoms with E-state index in [1.807, 2.05) is 20.8 Å². The molecule has 0 N–H and O–H groups in total. The third-order valence-corrected chi connectivity index (χ3v) is 2.47. The molecule has 3 heteroatoms. The lowest BCUT2D eigenvalue weighted by Crippen LogP contribution is -2.10. The first-order valence-corrected chi connectivity index (χ1v) is 5.35. The lowest BCUT2D eigenvalue weighted by molar-refractivity contribution is -0.107. The van der Waals surface area contributed by atoms with Crippen molar-refractivity contribution in [1.82, 2.24) is 0 Å². The van der Waals surface area contributed by atoms with Crippen LogP contribution in [0.25, 0.3) is 0 Å². The van der Waals surface area contributed by atoms with E-state index in [1.54, 1.807) is 6.08 Å². The van der Waals surface area contributed by atoms with Crippen LogP contribution < -0.4 is 0 Å². The zero-order valence-corrected chi connectivity index (χ0v) is 9.24. The van der Waals surface area contributed by atoms with Gasteiger partial charge >= 0.3 is 0 Å². The van der Waals surface area contributed by atoms with Gasteiger partial charge in [0.25, 0.3) is 0 Å². The summed E-state index contributed by atoms with van der Waals surface area (Å²) in [5.74, 6) is 0.849. The van der Waals surface area contributed by atoms with Crippen molar-refractivity contribution >= 4 is 16.9 Å². The number of rotatable bonds is 1. The normalized spacial score (nSPS) is 20.4. The Morgan fingerprint density at radius 1 is 1.54 bits per heavy atom. The van der Waals surface area contributed by atoms with Gasteiger partial charge in [-0.15, -0.1) is 0 Å². The van der Waals surface area contributed by atoms with Crippen LogP contribution in [0, 0.1) is 0 Å². The number of allylic oxidation sites excluding steroid dienone is 1. The standard InChI is InChI=1S/C10H16O2S/c1-10(2,3)13-9(11)7-8-5-4-6-12-8/h7H,4-6H2,1-3H3/b8-7+. The van der Waals surface area contributed by atoms with E-state index < -0.39 is 0 Å². The molecule has 0 unspecified atom stereocenters. The highest BCUT2D eigenvalue weighted by atomic mass is 32.2. The number of thioether (sulfide) groups is 1. The van der Waals surface area contributed by atoms with Crippen molar-refractivity contribution in [1.29, 1.82) is 0 Å². The van der Waals surface area contributed by atoms with Crippen LogP contribution in [0.3, 0.4) is 0 Å². The van der Waals surface area contributed by atoms with Crippen molar-refractivity contribution in [3.63, 3.8) is 0 Å². The Labute approximate surface area is 83.7 Å². The zero-order valence-electron chi connectivity index (χ0n) is 8.42. The largest absolute Gasteiger partial charge is 0.498 e. The van der Waals surface area contributed by atoms with Gasteiger partial charge in [0.05, 0.1) is 6.61 Å². The summed E-state index contributed by atoms with van der Waals surface area (Å²) in [5, 5.41) is 0.101. The second kappa shape index (κ2) is 4.18. The molecule has 0 atom stereocenters. The molecule has 0 bridgehead atoms. The van der Waals surface area contributed by atoms with Crippen molar-refractivity contribution in [3.05, 3.63) is 11.8 Å². The Kier molecular flexibility index (Phi) is 3.42. The topological polar surface area (TPSA) is 26.3 Å². The summed E-state index contributed by atoms with van der Waals surface area (Å²) in [4.78, 5) is 11.4. The fourth-order valence-electron chi connectivity index (χ4n) is 1.10. The van der Waals surface area contributed by atoms with E-state index in [-0.39, 0.29) is 9.86 Å². The molecule has 0 aromatic carbocycles. The first-order chi connectivity index (χ1) is 5.97. The Morgan fingerprint density at radius 3 is 2.69 bits per heavy atom. The van der Waals surface area contributed by atoms with Crippen molar-refractivity contribution in [2.75, 3.05) is 6.61 Å². The highest BCUT2D eigenvalue weighted by Crippen LogP contribution is 2.26. The van der Waals surface area contributed by atoms with Gasteiger partial charge in [0.1, 0.15) is 5.76 Å². The summed E-state index contributed by atoms with van der Waals surface area (Å²) in [7, 11) is 0. The number of carbonyl (C=O) groups excluding carboxylic acids is 1. The second-order valence-corrected chi connectivity index (χ2v) is 5.93. The van der Waals surface area contributed by atoms with Gasteiger partial charge in [-0.2, -0.15) is 0 Å². The predicted octanol–water partition coefficient (Wildman–Crippen LogP) is 2.74. The van der Waals surface area contributed by atoms with Gasteiger partial charge in [0.2, 0.25) is 5.12 Å². The molecule has 1 heterocycles. The van der Waals surface area contributed by atoms with E-state index in [4.69, 9.17) is 4.74 Å². The minimum absolute atomic E-state index is 0.00719. The Morgan fingerprint density at radius 2 is 2.23 bits per heavy atom. The van der Waals surface area contributed by atoms with Crippen LogP contribution in [0.5, 0.6) is 0 Å². The Balaban J connectivity index is 2.45. The van der Waals surface area contributed by atoms with Gasteiger partial charge in [0, 0.05) is 17.2 Å². The summed E-state index contributed by atoms with van der Waals surface area (Å²) >= 11 is 1.35. The zero-order chi connectivity index (χ0) is 9.90. The summed E-state index contributed by atoms with van der Waals surface area (Å²) < 4.78 is 5.26. The molecular formula is C10H16O2S. The SMILES string of the molecule is CC(C)(C)SC(=O)/C=C1\CCCO1. The number of ether oxygens (including phenoxy) is 1. The van der Waals surface area contributed by atoms with E-state index in [9.17, 15) is 4.79 Å². The average Bonchev–Trinajstić information content (AvgIpc) is 2.34. The summed E-state index contributed by atoms with van der Waals surface area (Å²) in [6.45, 7) is 6.86. The van der Waals surface area contributed by atoms with Crippen LogP contribution in [-0.2, 0) is 9.53 Å². The molecule has 74 valence electrons. The highest BCUT2D eigenvalue weighted by Gasteiger charge is 2.17. The van der Waals surface area contributed by atoms with Crippen molar-refractivity contribution < 1.29 is 9.53 Å². The molecule has 1 rings (SSSR count). The molecule has 0 aromatic rings. The molecule has 1 aliphatic heterocycles. The van der Waals surface area contributed by atoms with Gasteiger partial charge in [-0.1, -0.05) is 32.5 Å². The first kappa shape index (κ1) is 10.6. The monoisotopic (exact) mass is 200 g/mol. The van der Waals surface area contributed by atoms with E-state index >= 15 is 0 Å². The Hall–Kier alpha value is -0.440. The van der Waals surface area contributed by atoms with Gasteiger partial charge in [-0.3, -0.25) is 4.79 Å². The second-order valence-electron chi connectivity index (χ2n) is 4.10. The maximum atomic E-state index is 11.4. The molecule has 0 saturated carbocycles. The maximum absolute atomic E-state index is 11.4. The minimum Gasteiger partial charge on any atom is -0.498 e. The van der Waals surface area contributed by atoms with E-state index in [1.165, 1.54) is 11.8 Å². The van der Waals surface area contributed by atoms with Crippen LogP contribution in [-0.4, -0.2) is 16.5 Å². The first-order valence-electron chi connectivity index (χ1n) is 4.54. The fraction of sp³-hybridized carbons (Fsp3) is 0.700. The third-order valence-electron chi connectivity index (χ3n) is 1.54. The van der Waals surface area contributed by atoms with Crippen LogP contribution in [0.15, 0.2) is 11.8 Å². The molecule has 2 nitrogen and oxygen atoms in total. The van der Waals surface area contributed by atoms with E-state index in [0.717, 1.165) is 25.2 Å². The highest BCUT2D eigenvalue weighted by molar-refractivity contribution is 8.15. The molecule has 0 spiro atoms. The molecule has 0 aliphatic carbocycles. The minimum atomic E-state index is -0.00719. The van der Waals surface area contributed by atoms with Crippen LogP contribution in [0.4, 0.5) is 0 Å². The van der Waals surface area contributed by atoms with Crippen LogP contribution in [0.2, 0.25) is 0 Å². The lowest BCUT2D eigenvalue weighted by Gasteiger charge is -2.14. The third kappa shape index (κ3) is 4.36. The van der Waals surface area contributed by atoms with Crippen molar-refractivity contribution in [3.8, 4) is 0 Å². The fourth-order valence-corrected chi connectivity index (χ4v) is 1.89. The predicted molar refractivity (Wildman–Crippen MR) is 55.6 cm³/mol. The van der Waals surface area contributed by atoms with Gasteiger partial charge in [-0.25, -0.2) is 0 Å². The van der Waals surface area contributed by atoms with Crippen molar-refractivity contribution in [2.24, 2.45) is 0 Å². The summed E-state index contributed by atoms with van der Waals surface area (Å²) in [6.07, 6.45) is 3.58. The van der Waals surface area contributed by atoms with Gasteiger partial charge in [-0.05, 0) is 6.42 Å².